The van der Waals surface area contributed by atoms with Crippen molar-refractivity contribution >= 4 is 27.3 Å². The van der Waals surface area contributed by atoms with Crippen molar-refractivity contribution in [2.75, 3.05) is 0 Å². The minimum absolute atomic E-state index is 0.147. The molecule has 0 saturated heterocycles. The Kier molecular flexibility index (Phi) is 4.22. The smallest absolute Gasteiger partial charge is 0.322 e. The van der Waals surface area contributed by atoms with E-state index in [1.54, 1.807) is 0 Å². The summed E-state index contributed by atoms with van der Waals surface area (Å²) in [6.45, 7) is 14.1. The zero-order chi connectivity index (χ0) is 10.9. The summed E-state index contributed by atoms with van der Waals surface area (Å²) in [7, 11) is -4.03. The highest BCUT2D eigenvalue weighted by molar-refractivity contribution is 7.17. The first kappa shape index (κ1) is 13.6. The number of rotatable bonds is 3. The van der Waals surface area contributed by atoms with Crippen LogP contribution in [0.3, 0.4) is 0 Å². The lowest BCUT2D eigenvalue weighted by molar-refractivity contribution is 0.0935. The normalized spacial score (nSPS) is 14.8. The fraction of sp³-hybridized carbons (Fsp3) is 1.00. The first-order valence-electron chi connectivity index (χ1n) is 4.51. The summed E-state index contributed by atoms with van der Waals surface area (Å²) in [5.41, 5.74) is -0.147. The van der Waals surface area contributed by atoms with Crippen LogP contribution in [-0.2, 0) is 8.54 Å². The summed E-state index contributed by atoms with van der Waals surface area (Å²) in [5, 5.41) is 0. The molecule has 0 atom stereocenters. The average molecular weight is 241 g/mol. The zero-order valence-electron chi connectivity index (χ0n) is 9.69. The van der Waals surface area contributed by atoms with Gasteiger partial charge in [-0.2, -0.15) is 0 Å². The fourth-order valence-electron chi connectivity index (χ4n) is 1.34. The van der Waals surface area contributed by atoms with E-state index in [9.17, 15) is 0 Å². The van der Waals surface area contributed by atoms with Gasteiger partial charge in [-0.25, -0.2) is 0 Å². The molecule has 0 aromatic heterocycles. The molecule has 0 aliphatic rings. The quantitative estimate of drug-likeness (QED) is 0.556. The van der Waals surface area contributed by atoms with Gasteiger partial charge in [0.2, 0.25) is 0 Å². The van der Waals surface area contributed by atoms with Crippen molar-refractivity contribution in [3.63, 3.8) is 0 Å². The molecular weight excluding hydrogens is 220 g/mol. The highest BCUT2D eigenvalue weighted by atomic mass is 35.6. The summed E-state index contributed by atoms with van der Waals surface area (Å²) in [5.74, 6) is 0. The van der Waals surface area contributed by atoms with Crippen LogP contribution in [0.4, 0.5) is 0 Å². The van der Waals surface area contributed by atoms with E-state index in [2.05, 4.69) is 0 Å². The third-order valence-electron chi connectivity index (χ3n) is 1.04. The predicted molar refractivity (Wildman–Crippen MR) is 62.7 cm³/mol. The Morgan fingerprint density at radius 1 is 1.00 bits per heavy atom. The molecule has 0 aliphatic heterocycles. The molecule has 0 aliphatic carbocycles. The van der Waals surface area contributed by atoms with Gasteiger partial charge in [0.1, 0.15) is 0 Å². The standard InChI is InChI=1S/C8H21ClO2Si2/c1-8(2,3)10-13(6,7)11-12(4,5)9/h1-7H3. The SMILES string of the molecule is CC(C)(C)O[Si](C)(C)O[Si](C)(C)Cl. The van der Waals surface area contributed by atoms with Gasteiger partial charge >= 0.3 is 8.56 Å². The van der Waals surface area contributed by atoms with E-state index in [0.717, 1.165) is 0 Å². The lowest BCUT2D eigenvalue weighted by Gasteiger charge is -2.35. The van der Waals surface area contributed by atoms with Crippen LogP contribution < -0.4 is 0 Å². The second-order valence-corrected chi connectivity index (χ2v) is 14.4. The van der Waals surface area contributed by atoms with E-state index >= 15 is 0 Å². The Hall–Kier alpha value is 0.644. The number of hydrogen-bond donors (Lipinski definition) is 0. The molecule has 0 fully saturated rings. The van der Waals surface area contributed by atoms with Crippen molar-refractivity contribution in [2.24, 2.45) is 0 Å². The number of halogens is 1. The Bertz CT molecular complexity index is 152. The molecule has 0 rings (SSSR count). The molecule has 5 heteroatoms. The first-order chi connectivity index (χ1) is 5.41. The molecule has 0 aromatic rings. The topological polar surface area (TPSA) is 18.5 Å². The molecule has 0 radical (unpaired) electrons. The molecule has 2 nitrogen and oxygen atoms in total. The lowest BCUT2D eigenvalue weighted by Crippen LogP contribution is -2.47. The van der Waals surface area contributed by atoms with E-state index in [-0.39, 0.29) is 5.60 Å². The van der Waals surface area contributed by atoms with Crippen LogP contribution in [0.25, 0.3) is 0 Å². The van der Waals surface area contributed by atoms with Crippen molar-refractivity contribution in [1.29, 1.82) is 0 Å². The minimum Gasteiger partial charge on any atom is -0.424 e. The third-order valence-corrected chi connectivity index (χ3v) is 6.75. The largest absolute Gasteiger partial charge is 0.424 e. The van der Waals surface area contributed by atoms with Crippen LogP contribution in [0.1, 0.15) is 20.8 Å². The molecular formula is C8H21ClO2Si2. The van der Waals surface area contributed by atoms with Crippen LogP contribution in [0.5, 0.6) is 0 Å². The van der Waals surface area contributed by atoms with Crippen LogP contribution in [-0.4, -0.2) is 21.8 Å². The van der Waals surface area contributed by atoms with Gasteiger partial charge in [-0.05, 0) is 47.0 Å². The third kappa shape index (κ3) is 8.96. The Balaban J connectivity index is 4.25. The average Bonchev–Trinajstić information content (AvgIpc) is 1.43. The summed E-state index contributed by atoms with van der Waals surface area (Å²) in [4.78, 5) is 0. The molecule has 0 unspecified atom stereocenters. The van der Waals surface area contributed by atoms with E-state index < -0.39 is 16.2 Å². The van der Waals surface area contributed by atoms with Gasteiger partial charge in [-0.3, -0.25) is 0 Å². The molecule has 13 heavy (non-hydrogen) atoms. The minimum atomic E-state index is -2.04. The maximum absolute atomic E-state index is 6.12. The molecule has 0 spiro atoms. The monoisotopic (exact) mass is 240 g/mol. The van der Waals surface area contributed by atoms with Gasteiger partial charge in [0.05, 0.1) is 5.60 Å². The predicted octanol–water partition coefficient (Wildman–Crippen LogP) is 3.46. The maximum Gasteiger partial charge on any atom is 0.322 e. The fourth-order valence-corrected chi connectivity index (χ4v) is 9.33. The van der Waals surface area contributed by atoms with E-state index in [0.29, 0.717) is 0 Å². The van der Waals surface area contributed by atoms with Gasteiger partial charge in [-0.15, -0.1) is 11.1 Å². The van der Waals surface area contributed by atoms with Gasteiger partial charge < -0.3 is 8.54 Å². The van der Waals surface area contributed by atoms with Gasteiger partial charge in [-0.1, -0.05) is 0 Å². The van der Waals surface area contributed by atoms with Gasteiger partial charge in [0.25, 0.3) is 7.63 Å². The van der Waals surface area contributed by atoms with Crippen molar-refractivity contribution < 1.29 is 8.54 Å². The highest BCUT2D eigenvalue weighted by Gasteiger charge is 2.36. The second kappa shape index (κ2) is 4.02. The maximum atomic E-state index is 6.12. The summed E-state index contributed by atoms with van der Waals surface area (Å²) in [6, 6.07) is 0. The number of hydrogen-bond acceptors (Lipinski definition) is 2. The Labute approximate surface area is 88.7 Å². The van der Waals surface area contributed by atoms with Crippen molar-refractivity contribution in [3.05, 3.63) is 0 Å². The lowest BCUT2D eigenvalue weighted by atomic mass is 10.2. The van der Waals surface area contributed by atoms with E-state index in [4.69, 9.17) is 19.6 Å². The van der Waals surface area contributed by atoms with E-state index in [1.165, 1.54) is 0 Å². The van der Waals surface area contributed by atoms with Gasteiger partial charge in [0, 0.05) is 0 Å². The second-order valence-electron chi connectivity index (χ2n) is 5.08. The molecule has 0 saturated carbocycles. The van der Waals surface area contributed by atoms with Gasteiger partial charge in [0.15, 0.2) is 0 Å². The summed E-state index contributed by atoms with van der Waals surface area (Å²) >= 11 is 6.12. The molecule has 0 aromatic carbocycles. The van der Waals surface area contributed by atoms with Crippen LogP contribution in [0.2, 0.25) is 26.2 Å². The molecule has 80 valence electrons. The van der Waals surface area contributed by atoms with Crippen molar-refractivity contribution in [3.8, 4) is 0 Å². The zero-order valence-corrected chi connectivity index (χ0v) is 12.5. The van der Waals surface area contributed by atoms with Crippen LogP contribution in [0, 0.1) is 0 Å². The molecule has 0 N–H and O–H groups in total. The summed E-state index contributed by atoms with van der Waals surface area (Å²) < 4.78 is 11.7. The Morgan fingerprint density at radius 2 is 1.38 bits per heavy atom. The van der Waals surface area contributed by atoms with Crippen molar-refractivity contribution in [1.82, 2.24) is 0 Å². The van der Waals surface area contributed by atoms with Crippen LogP contribution >= 0.6 is 11.1 Å². The molecule has 0 bridgehead atoms. The Morgan fingerprint density at radius 3 is 1.62 bits per heavy atom. The highest BCUT2D eigenvalue weighted by Crippen LogP contribution is 2.23. The molecule has 0 amide bonds. The van der Waals surface area contributed by atoms with Crippen LogP contribution in [0.15, 0.2) is 0 Å². The van der Waals surface area contributed by atoms with Crippen molar-refractivity contribution in [2.45, 2.75) is 52.6 Å². The first-order valence-corrected chi connectivity index (χ1v) is 11.2. The molecule has 0 heterocycles. The summed E-state index contributed by atoms with van der Waals surface area (Å²) in [6.07, 6.45) is 0. The van der Waals surface area contributed by atoms with E-state index in [1.807, 2.05) is 47.0 Å².